The molecule has 0 atom stereocenters. The first-order valence-electron chi connectivity index (χ1n) is 8.25. The van der Waals surface area contributed by atoms with Gasteiger partial charge < -0.3 is 14.7 Å². The Balaban J connectivity index is 1.72. The standard InChI is InChI=1S/C18H19BN4O4/c1-11-14(5-4-6-16(11)27-3)18(25)22-21-17(24)12-7-8-13-10-20-23(2)19(26)15(13)9-12/h4-10,26H,1-3H3,(H,21,24)(H,22,25). The Bertz CT molecular complexity index is 932. The van der Waals surface area contributed by atoms with Crippen LogP contribution in [-0.2, 0) is 0 Å². The second-order valence-electron chi connectivity index (χ2n) is 6.08. The number of amides is 2. The summed E-state index contributed by atoms with van der Waals surface area (Å²) in [4.78, 5) is 26.1. The van der Waals surface area contributed by atoms with E-state index in [9.17, 15) is 14.6 Å². The lowest BCUT2D eigenvalue weighted by Gasteiger charge is -2.22. The van der Waals surface area contributed by atoms with Crippen molar-refractivity contribution in [2.24, 2.45) is 5.10 Å². The molecule has 2 aromatic carbocycles. The summed E-state index contributed by atoms with van der Waals surface area (Å²) < 4.78 is 5.20. The van der Waals surface area contributed by atoms with Crippen molar-refractivity contribution >= 4 is 30.5 Å². The van der Waals surface area contributed by atoms with Gasteiger partial charge in [0, 0.05) is 23.7 Å². The molecule has 0 bridgehead atoms. The topological polar surface area (TPSA) is 103 Å². The highest BCUT2D eigenvalue weighted by molar-refractivity contribution is 6.65. The van der Waals surface area contributed by atoms with Crippen molar-refractivity contribution in [3.8, 4) is 5.75 Å². The van der Waals surface area contributed by atoms with Gasteiger partial charge in [-0.2, -0.15) is 5.10 Å². The number of hydrogen-bond acceptors (Lipinski definition) is 6. The Morgan fingerprint density at radius 2 is 1.93 bits per heavy atom. The van der Waals surface area contributed by atoms with Gasteiger partial charge in [0.05, 0.1) is 13.3 Å². The maximum Gasteiger partial charge on any atom is 0.466 e. The smallest absolute Gasteiger partial charge is 0.466 e. The van der Waals surface area contributed by atoms with Crippen molar-refractivity contribution in [3.63, 3.8) is 0 Å². The number of ether oxygens (including phenoxy) is 1. The number of rotatable bonds is 3. The van der Waals surface area contributed by atoms with Crippen LogP contribution >= 0.6 is 0 Å². The summed E-state index contributed by atoms with van der Waals surface area (Å²) in [5.74, 6) is -0.364. The number of carbonyl (C=O) groups excluding carboxylic acids is 2. The molecule has 1 aliphatic heterocycles. The predicted octanol–water partition coefficient (Wildman–Crippen LogP) is 0.0452. The quantitative estimate of drug-likeness (QED) is 0.526. The van der Waals surface area contributed by atoms with E-state index in [1.165, 1.54) is 12.0 Å². The molecular weight excluding hydrogens is 347 g/mol. The van der Waals surface area contributed by atoms with Crippen LogP contribution in [0, 0.1) is 6.92 Å². The van der Waals surface area contributed by atoms with Crippen LogP contribution in [0.25, 0.3) is 0 Å². The summed E-state index contributed by atoms with van der Waals surface area (Å²) in [5.41, 5.74) is 7.45. The number of nitrogens with one attached hydrogen (secondary N) is 2. The molecule has 138 valence electrons. The summed E-state index contributed by atoms with van der Waals surface area (Å²) >= 11 is 0. The molecule has 3 N–H and O–H groups in total. The molecule has 1 heterocycles. The number of carbonyl (C=O) groups is 2. The Morgan fingerprint density at radius 3 is 2.67 bits per heavy atom. The minimum absolute atomic E-state index is 0.305. The van der Waals surface area contributed by atoms with Gasteiger partial charge >= 0.3 is 7.05 Å². The summed E-state index contributed by atoms with van der Waals surface area (Å²) in [6, 6.07) is 9.96. The van der Waals surface area contributed by atoms with E-state index in [-0.39, 0.29) is 0 Å². The Kier molecular flexibility index (Phi) is 5.13. The number of hydrazine groups is 1. The van der Waals surface area contributed by atoms with E-state index in [2.05, 4.69) is 16.0 Å². The Morgan fingerprint density at radius 1 is 1.19 bits per heavy atom. The summed E-state index contributed by atoms with van der Waals surface area (Å²) in [6.45, 7) is 1.76. The molecule has 0 saturated heterocycles. The van der Waals surface area contributed by atoms with E-state index >= 15 is 0 Å². The third-order valence-corrected chi connectivity index (χ3v) is 4.40. The molecule has 3 rings (SSSR count). The van der Waals surface area contributed by atoms with E-state index in [0.717, 1.165) is 5.56 Å². The average Bonchev–Trinajstić information content (AvgIpc) is 2.68. The van der Waals surface area contributed by atoms with Crippen molar-refractivity contribution in [3.05, 3.63) is 58.7 Å². The number of hydrazone groups is 1. The number of hydrogen-bond donors (Lipinski definition) is 3. The first-order chi connectivity index (χ1) is 12.9. The second kappa shape index (κ2) is 7.51. The molecule has 0 aliphatic carbocycles. The first-order valence-corrected chi connectivity index (χ1v) is 8.25. The second-order valence-corrected chi connectivity index (χ2v) is 6.08. The van der Waals surface area contributed by atoms with Gasteiger partial charge in [0.1, 0.15) is 5.75 Å². The summed E-state index contributed by atoms with van der Waals surface area (Å²) in [6.07, 6.45) is 1.61. The molecule has 2 amide bonds. The molecular formula is C18H19BN4O4. The molecule has 1 aliphatic rings. The zero-order chi connectivity index (χ0) is 19.6. The number of benzene rings is 2. The van der Waals surface area contributed by atoms with Gasteiger partial charge in [0.15, 0.2) is 0 Å². The largest absolute Gasteiger partial charge is 0.496 e. The molecule has 27 heavy (non-hydrogen) atoms. The van der Waals surface area contributed by atoms with Gasteiger partial charge in [-0.15, -0.1) is 0 Å². The van der Waals surface area contributed by atoms with Gasteiger partial charge in [-0.3, -0.25) is 20.4 Å². The fourth-order valence-corrected chi connectivity index (χ4v) is 2.81. The van der Waals surface area contributed by atoms with Gasteiger partial charge in [-0.25, -0.2) is 0 Å². The summed E-state index contributed by atoms with van der Waals surface area (Å²) in [5, 5.41) is 14.2. The third-order valence-electron chi connectivity index (χ3n) is 4.40. The van der Waals surface area contributed by atoms with Gasteiger partial charge in [-0.1, -0.05) is 12.1 Å². The fourth-order valence-electron chi connectivity index (χ4n) is 2.81. The lowest BCUT2D eigenvalue weighted by Crippen LogP contribution is -2.48. The predicted molar refractivity (Wildman–Crippen MR) is 102 cm³/mol. The van der Waals surface area contributed by atoms with Gasteiger partial charge in [0.25, 0.3) is 11.8 Å². The highest BCUT2D eigenvalue weighted by Gasteiger charge is 2.27. The van der Waals surface area contributed by atoms with Crippen LogP contribution in [0.4, 0.5) is 0 Å². The Labute approximate surface area is 156 Å². The molecule has 9 heteroatoms. The lowest BCUT2D eigenvalue weighted by atomic mass is 9.69. The zero-order valence-corrected chi connectivity index (χ0v) is 15.2. The molecule has 8 nitrogen and oxygen atoms in total. The minimum Gasteiger partial charge on any atom is -0.496 e. The molecule has 0 radical (unpaired) electrons. The normalized spacial score (nSPS) is 12.4. The lowest BCUT2D eigenvalue weighted by molar-refractivity contribution is 0.0846. The third kappa shape index (κ3) is 3.63. The van der Waals surface area contributed by atoms with Crippen molar-refractivity contribution in [1.29, 1.82) is 0 Å². The molecule has 0 unspecified atom stereocenters. The maximum atomic E-state index is 12.4. The van der Waals surface area contributed by atoms with Gasteiger partial charge in [-0.05, 0) is 42.2 Å². The van der Waals surface area contributed by atoms with E-state index in [1.54, 1.807) is 56.6 Å². The minimum atomic E-state index is -0.938. The van der Waals surface area contributed by atoms with E-state index in [4.69, 9.17) is 4.74 Å². The van der Waals surface area contributed by atoms with Crippen molar-refractivity contribution in [2.75, 3.05) is 14.2 Å². The van der Waals surface area contributed by atoms with E-state index in [1.807, 2.05) is 0 Å². The van der Waals surface area contributed by atoms with Crippen molar-refractivity contribution < 1.29 is 19.3 Å². The van der Waals surface area contributed by atoms with Crippen LogP contribution in [0.15, 0.2) is 41.5 Å². The monoisotopic (exact) mass is 366 g/mol. The van der Waals surface area contributed by atoms with Crippen LogP contribution in [0.1, 0.15) is 31.8 Å². The first kappa shape index (κ1) is 18.5. The molecule has 0 aromatic heterocycles. The Hall–Kier alpha value is -3.33. The van der Waals surface area contributed by atoms with Crippen LogP contribution in [0.5, 0.6) is 5.75 Å². The van der Waals surface area contributed by atoms with Crippen LogP contribution in [0.2, 0.25) is 0 Å². The molecule has 0 saturated carbocycles. The molecule has 0 spiro atoms. The number of methoxy groups -OCH3 is 1. The SMILES string of the molecule is COc1cccc(C(=O)NNC(=O)c2ccc3c(c2)B(O)N(C)N=C3)c1C. The highest BCUT2D eigenvalue weighted by Crippen LogP contribution is 2.20. The molecule has 0 fully saturated rings. The van der Waals surface area contributed by atoms with Crippen LogP contribution < -0.4 is 21.1 Å². The van der Waals surface area contributed by atoms with E-state index < -0.39 is 18.9 Å². The number of fused-ring (bicyclic) bond motifs is 1. The van der Waals surface area contributed by atoms with Crippen molar-refractivity contribution in [1.82, 2.24) is 15.8 Å². The average molecular weight is 366 g/mol. The van der Waals surface area contributed by atoms with Crippen LogP contribution in [0.3, 0.4) is 0 Å². The van der Waals surface area contributed by atoms with Crippen molar-refractivity contribution in [2.45, 2.75) is 6.92 Å². The van der Waals surface area contributed by atoms with Crippen LogP contribution in [-0.4, -0.2) is 49.2 Å². The molecule has 2 aromatic rings. The highest BCUT2D eigenvalue weighted by atomic mass is 16.5. The van der Waals surface area contributed by atoms with E-state index in [0.29, 0.717) is 27.9 Å². The summed E-state index contributed by atoms with van der Waals surface area (Å²) in [7, 11) is 2.22. The maximum absolute atomic E-state index is 12.4. The fraction of sp³-hybridized carbons (Fsp3) is 0.167. The van der Waals surface area contributed by atoms with Gasteiger partial charge in [0.2, 0.25) is 0 Å². The number of nitrogens with zero attached hydrogens (tertiary/aromatic N) is 2. The zero-order valence-electron chi connectivity index (χ0n) is 15.2.